The average Bonchev–Trinajstić information content (AvgIpc) is 2.03. The molecule has 11 heavy (non-hydrogen) atoms. The maximum absolute atomic E-state index is 4.10. The molecule has 1 rings (SSSR count). The fourth-order valence-corrected chi connectivity index (χ4v) is 1.57. The van der Waals surface area contributed by atoms with E-state index in [1.807, 2.05) is 13.2 Å². The van der Waals surface area contributed by atoms with Crippen molar-refractivity contribution in [1.29, 1.82) is 0 Å². The van der Waals surface area contributed by atoms with Crippen molar-refractivity contribution in [3.63, 3.8) is 0 Å². The molecular formula is C5H7N3S3. The Hall–Kier alpha value is 0.0600. The van der Waals surface area contributed by atoms with Crippen molar-refractivity contribution in [2.75, 3.05) is 6.26 Å². The molecule has 0 aliphatic rings. The summed E-state index contributed by atoms with van der Waals surface area (Å²) in [7, 11) is 1.23. The summed E-state index contributed by atoms with van der Waals surface area (Å²) in [6, 6.07) is 0. The van der Waals surface area contributed by atoms with Gasteiger partial charge in [0.15, 0.2) is 5.16 Å². The second kappa shape index (κ2) is 4.18. The molecule has 3 nitrogen and oxygen atoms in total. The molecular weight excluding hydrogens is 198 g/mol. The Morgan fingerprint density at radius 2 is 1.82 bits per heavy atom. The van der Waals surface area contributed by atoms with Crippen LogP contribution < -0.4 is 0 Å². The van der Waals surface area contributed by atoms with E-state index in [9.17, 15) is 0 Å². The number of rotatable bonds is 2. The third kappa shape index (κ3) is 2.53. The van der Waals surface area contributed by atoms with Crippen molar-refractivity contribution >= 4 is 34.2 Å². The molecule has 0 bridgehead atoms. The van der Waals surface area contributed by atoms with Crippen molar-refractivity contribution in [2.45, 2.75) is 17.2 Å². The van der Waals surface area contributed by atoms with Crippen LogP contribution in [0.25, 0.3) is 0 Å². The SMILES string of the molecule is CSc1nc(C)nc(SS)n1. The van der Waals surface area contributed by atoms with E-state index >= 15 is 0 Å². The van der Waals surface area contributed by atoms with Gasteiger partial charge in [0, 0.05) is 0 Å². The molecule has 0 amide bonds. The van der Waals surface area contributed by atoms with Gasteiger partial charge in [0.25, 0.3) is 0 Å². The Labute approximate surface area is 78.6 Å². The molecule has 0 fully saturated rings. The molecule has 1 aromatic rings. The number of thioether (sulfide) groups is 1. The highest BCUT2D eigenvalue weighted by Gasteiger charge is 2.00. The van der Waals surface area contributed by atoms with E-state index in [1.165, 1.54) is 22.6 Å². The fraction of sp³-hybridized carbons (Fsp3) is 0.400. The minimum atomic E-state index is 0.658. The summed E-state index contributed by atoms with van der Waals surface area (Å²) in [6.07, 6.45) is 1.93. The molecule has 0 N–H and O–H groups in total. The first-order chi connectivity index (χ1) is 5.26. The van der Waals surface area contributed by atoms with E-state index in [0.29, 0.717) is 5.16 Å². The lowest BCUT2D eigenvalue weighted by atomic mass is 10.7. The van der Waals surface area contributed by atoms with Gasteiger partial charge in [-0.3, -0.25) is 0 Å². The van der Waals surface area contributed by atoms with Gasteiger partial charge in [-0.2, -0.15) is 4.98 Å². The van der Waals surface area contributed by atoms with Gasteiger partial charge in [-0.05, 0) is 24.0 Å². The largest absolute Gasteiger partial charge is 0.208 e. The molecule has 0 atom stereocenters. The lowest BCUT2D eigenvalue weighted by Gasteiger charge is -1.98. The number of aryl methyl sites for hydroxylation is 1. The smallest absolute Gasteiger partial charge is 0.202 e. The first kappa shape index (κ1) is 9.15. The number of hydrogen-bond donors (Lipinski definition) is 1. The summed E-state index contributed by atoms with van der Waals surface area (Å²) in [5, 5.41) is 1.40. The monoisotopic (exact) mass is 205 g/mol. The highest BCUT2D eigenvalue weighted by Crippen LogP contribution is 2.18. The lowest BCUT2D eigenvalue weighted by molar-refractivity contribution is 0.770. The molecule has 60 valence electrons. The second-order valence-electron chi connectivity index (χ2n) is 1.74. The zero-order valence-electron chi connectivity index (χ0n) is 6.11. The van der Waals surface area contributed by atoms with Crippen LogP contribution in [0.1, 0.15) is 5.82 Å². The second-order valence-corrected chi connectivity index (χ2v) is 3.61. The normalized spacial score (nSPS) is 10.1. The molecule has 0 aromatic carbocycles. The van der Waals surface area contributed by atoms with Crippen molar-refractivity contribution in [2.24, 2.45) is 0 Å². The van der Waals surface area contributed by atoms with E-state index in [-0.39, 0.29) is 0 Å². The van der Waals surface area contributed by atoms with E-state index < -0.39 is 0 Å². The molecule has 0 radical (unpaired) electrons. The fourth-order valence-electron chi connectivity index (χ4n) is 0.566. The zero-order valence-corrected chi connectivity index (χ0v) is 8.63. The van der Waals surface area contributed by atoms with Crippen LogP contribution in [-0.4, -0.2) is 21.2 Å². The molecule has 0 saturated carbocycles. The quantitative estimate of drug-likeness (QED) is 0.453. The standard InChI is InChI=1S/C5H7N3S3/c1-3-6-4(10-2)8-5(7-3)11-9/h9H,1-2H3. The summed E-state index contributed by atoms with van der Waals surface area (Å²) in [4.78, 5) is 12.2. The summed E-state index contributed by atoms with van der Waals surface area (Å²) in [5.74, 6) is 0.737. The summed E-state index contributed by atoms with van der Waals surface area (Å²) in [6.45, 7) is 1.84. The molecule has 0 saturated heterocycles. The van der Waals surface area contributed by atoms with Crippen LogP contribution in [0.3, 0.4) is 0 Å². The minimum absolute atomic E-state index is 0.658. The number of thiol groups is 1. The molecule has 0 aliphatic heterocycles. The molecule has 1 aromatic heterocycles. The van der Waals surface area contributed by atoms with Gasteiger partial charge in [-0.1, -0.05) is 11.8 Å². The van der Waals surface area contributed by atoms with Crippen LogP contribution in [-0.2, 0) is 0 Å². The van der Waals surface area contributed by atoms with Gasteiger partial charge in [0.2, 0.25) is 5.16 Å². The van der Waals surface area contributed by atoms with Crippen LogP contribution in [0.4, 0.5) is 0 Å². The van der Waals surface area contributed by atoms with Crippen molar-refractivity contribution in [3.8, 4) is 0 Å². The Bertz CT molecular complexity index is 230. The van der Waals surface area contributed by atoms with Gasteiger partial charge < -0.3 is 0 Å². The van der Waals surface area contributed by atoms with E-state index in [0.717, 1.165) is 11.0 Å². The summed E-state index contributed by atoms with van der Waals surface area (Å²) < 4.78 is 0. The van der Waals surface area contributed by atoms with Crippen LogP contribution in [0.15, 0.2) is 10.3 Å². The molecule has 0 spiro atoms. The molecule has 0 aliphatic carbocycles. The van der Waals surface area contributed by atoms with Crippen LogP contribution in [0.2, 0.25) is 0 Å². The molecule has 6 heteroatoms. The van der Waals surface area contributed by atoms with Crippen LogP contribution in [0, 0.1) is 6.92 Å². The number of aromatic nitrogens is 3. The van der Waals surface area contributed by atoms with Crippen molar-refractivity contribution in [3.05, 3.63) is 5.82 Å². The summed E-state index contributed by atoms with van der Waals surface area (Å²) >= 11 is 5.50. The van der Waals surface area contributed by atoms with E-state index in [1.54, 1.807) is 0 Å². The van der Waals surface area contributed by atoms with Crippen molar-refractivity contribution in [1.82, 2.24) is 15.0 Å². The minimum Gasteiger partial charge on any atom is -0.208 e. The lowest BCUT2D eigenvalue weighted by Crippen LogP contribution is -1.95. The Morgan fingerprint density at radius 3 is 2.36 bits per heavy atom. The molecule has 1 heterocycles. The van der Waals surface area contributed by atoms with Gasteiger partial charge in [-0.25, -0.2) is 9.97 Å². The Morgan fingerprint density at radius 1 is 1.18 bits per heavy atom. The van der Waals surface area contributed by atoms with Crippen LogP contribution in [0.5, 0.6) is 0 Å². The predicted octanol–water partition coefficient (Wildman–Crippen LogP) is 1.84. The van der Waals surface area contributed by atoms with Gasteiger partial charge >= 0.3 is 0 Å². The van der Waals surface area contributed by atoms with Gasteiger partial charge in [0.05, 0.1) is 0 Å². The number of nitrogens with zero attached hydrogens (tertiary/aromatic N) is 3. The van der Waals surface area contributed by atoms with Gasteiger partial charge in [-0.15, -0.1) is 11.7 Å². The average molecular weight is 205 g/mol. The van der Waals surface area contributed by atoms with E-state index in [4.69, 9.17) is 0 Å². The number of hydrogen-bond acceptors (Lipinski definition) is 6. The summed E-state index contributed by atoms with van der Waals surface area (Å²) in [5.41, 5.74) is 0. The van der Waals surface area contributed by atoms with E-state index in [2.05, 4.69) is 26.6 Å². The van der Waals surface area contributed by atoms with Gasteiger partial charge in [0.1, 0.15) is 5.82 Å². The highest BCUT2D eigenvalue weighted by atomic mass is 33.1. The van der Waals surface area contributed by atoms with Crippen LogP contribution >= 0.6 is 34.2 Å². The third-order valence-electron chi connectivity index (χ3n) is 0.970. The highest BCUT2D eigenvalue weighted by molar-refractivity contribution is 8.68. The first-order valence-corrected chi connectivity index (χ1v) is 5.93. The third-order valence-corrected chi connectivity index (χ3v) is 2.35. The zero-order chi connectivity index (χ0) is 8.27. The maximum Gasteiger partial charge on any atom is 0.202 e. The van der Waals surface area contributed by atoms with Crippen molar-refractivity contribution < 1.29 is 0 Å². The topological polar surface area (TPSA) is 38.7 Å². The Balaban J connectivity index is 3.02. The maximum atomic E-state index is 4.10. The predicted molar refractivity (Wildman–Crippen MR) is 51.2 cm³/mol. The Kier molecular flexibility index (Phi) is 3.47. The first-order valence-electron chi connectivity index (χ1n) is 2.84. The molecule has 0 unspecified atom stereocenters.